The summed E-state index contributed by atoms with van der Waals surface area (Å²) in [5.74, 6) is 1.74. The van der Waals surface area contributed by atoms with Gasteiger partial charge in [0.15, 0.2) is 0 Å². The van der Waals surface area contributed by atoms with Crippen molar-refractivity contribution in [2.45, 2.75) is 78.3 Å². The van der Waals surface area contributed by atoms with Crippen LogP contribution in [0.15, 0.2) is 119 Å². The van der Waals surface area contributed by atoms with Gasteiger partial charge in [0.2, 0.25) is 0 Å². The standard InChI is InChI=1S/C43H48N2/c1-42(2,3)30-18-12-26(13-19-30)28-16-22-34-36(24-28)44-40-38(34)32-10-8-9-11-33(32)39-35-23-17-29(25-37(35)45(7)41(39)40)27-14-20-31(21-15-27)43(4,5)6/h8-12,14-20,22-26,31,34-37,44H,13,21H2,1-7H3. The van der Waals surface area contributed by atoms with Crippen molar-refractivity contribution in [3.63, 3.8) is 0 Å². The number of likely N-dealkylation sites (N-methyl/N-ethyl adjacent to an activating group) is 1. The average molecular weight is 593 g/mol. The molecule has 6 aliphatic rings. The van der Waals surface area contributed by atoms with Crippen molar-refractivity contribution in [1.82, 2.24) is 0 Å². The fourth-order valence-electron chi connectivity index (χ4n) is 8.72. The molecule has 1 N–H and O–H groups in total. The molecule has 4 aliphatic carbocycles. The van der Waals surface area contributed by atoms with E-state index >= 15 is 0 Å². The lowest BCUT2D eigenvalue weighted by Crippen LogP contribution is -2.30. The van der Waals surface area contributed by atoms with Crippen LogP contribution in [0.1, 0.15) is 77.3 Å². The SMILES string of the molecule is CN1c2c3c(c4ccccc4c2C2C=CC(C4=CCC(C(C)(C)C)C=C4)=CC21)C1C=CC(C2C=CC(C(C)(C)C)=CC2)=CC1N3. The molecule has 0 amide bonds. The lowest BCUT2D eigenvalue weighted by Gasteiger charge is -2.31. The van der Waals surface area contributed by atoms with Crippen LogP contribution in [0.3, 0.4) is 0 Å². The number of nitrogens with zero attached hydrogens (tertiary/aromatic N) is 1. The second-order valence-electron chi connectivity index (χ2n) is 16.3. The van der Waals surface area contributed by atoms with Crippen molar-refractivity contribution >= 4 is 22.1 Å². The van der Waals surface area contributed by atoms with Gasteiger partial charge in [0.25, 0.3) is 0 Å². The molecule has 230 valence electrons. The Balaban J connectivity index is 1.13. The van der Waals surface area contributed by atoms with Crippen LogP contribution in [0.2, 0.25) is 0 Å². The fourth-order valence-corrected chi connectivity index (χ4v) is 8.72. The Morgan fingerprint density at radius 1 is 0.733 bits per heavy atom. The Morgan fingerprint density at radius 2 is 1.47 bits per heavy atom. The van der Waals surface area contributed by atoms with Crippen molar-refractivity contribution in [2.24, 2.45) is 22.7 Å². The molecule has 0 saturated carbocycles. The summed E-state index contributed by atoms with van der Waals surface area (Å²) in [4.78, 5) is 2.57. The van der Waals surface area contributed by atoms with Crippen molar-refractivity contribution in [3.8, 4) is 0 Å². The summed E-state index contributed by atoms with van der Waals surface area (Å²) < 4.78 is 0. The van der Waals surface area contributed by atoms with Crippen LogP contribution in [-0.4, -0.2) is 19.1 Å². The Morgan fingerprint density at radius 3 is 2.13 bits per heavy atom. The van der Waals surface area contributed by atoms with E-state index < -0.39 is 0 Å². The summed E-state index contributed by atoms with van der Waals surface area (Å²) in [6.07, 6.45) is 31.6. The van der Waals surface area contributed by atoms with Crippen molar-refractivity contribution in [3.05, 3.63) is 131 Å². The van der Waals surface area contributed by atoms with Gasteiger partial charge in [-0.05, 0) is 73.8 Å². The maximum atomic E-state index is 4.09. The number of anilines is 2. The van der Waals surface area contributed by atoms with E-state index in [1.807, 2.05) is 0 Å². The Kier molecular flexibility index (Phi) is 6.44. The van der Waals surface area contributed by atoms with Gasteiger partial charge in [-0.1, -0.05) is 139 Å². The molecule has 0 spiro atoms. The van der Waals surface area contributed by atoms with Crippen LogP contribution >= 0.6 is 0 Å². The van der Waals surface area contributed by atoms with Crippen LogP contribution < -0.4 is 10.2 Å². The molecule has 2 nitrogen and oxygen atoms in total. The first-order valence-electron chi connectivity index (χ1n) is 17.1. The molecule has 0 fully saturated rings. The summed E-state index contributed by atoms with van der Waals surface area (Å²) in [5, 5.41) is 6.91. The molecule has 2 heteroatoms. The molecule has 2 aliphatic heterocycles. The van der Waals surface area contributed by atoms with E-state index in [0.717, 1.165) is 12.8 Å². The first-order valence-corrected chi connectivity index (χ1v) is 17.1. The minimum Gasteiger partial charge on any atom is -0.376 e. The van der Waals surface area contributed by atoms with Gasteiger partial charge in [-0.15, -0.1) is 0 Å². The molecule has 0 saturated heterocycles. The lowest BCUT2D eigenvalue weighted by molar-refractivity contribution is 0.293. The topological polar surface area (TPSA) is 15.3 Å². The van der Waals surface area contributed by atoms with Crippen molar-refractivity contribution < 1.29 is 0 Å². The number of allylic oxidation sites excluding steroid dienone is 12. The maximum Gasteiger partial charge on any atom is 0.0653 e. The molecule has 0 bridgehead atoms. The highest BCUT2D eigenvalue weighted by Crippen LogP contribution is 2.57. The zero-order valence-corrected chi connectivity index (χ0v) is 28.1. The van der Waals surface area contributed by atoms with Gasteiger partial charge in [0.05, 0.1) is 23.5 Å². The molecule has 0 radical (unpaired) electrons. The number of rotatable bonds is 2. The molecule has 8 rings (SSSR count). The largest absolute Gasteiger partial charge is 0.376 e. The fraction of sp³-hybridized carbons (Fsp3) is 0.395. The molecule has 2 aromatic carbocycles. The smallest absolute Gasteiger partial charge is 0.0653 e. The zero-order valence-electron chi connectivity index (χ0n) is 28.1. The molecule has 2 heterocycles. The van der Waals surface area contributed by atoms with Crippen LogP contribution in [0.25, 0.3) is 10.8 Å². The second-order valence-corrected chi connectivity index (χ2v) is 16.3. The third-order valence-electron chi connectivity index (χ3n) is 11.4. The number of benzene rings is 2. The lowest BCUT2D eigenvalue weighted by atomic mass is 9.75. The number of nitrogens with one attached hydrogen (secondary N) is 1. The maximum absolute atomic E-state index is 4.09. The van der Waals surface area contributed by atoms with E-state index in [2.05, 4.69) is 156 Å². The van der Waals surface area contributed by atoms with Gasteiger partial charge < -0.3 is 10.2 Å². The van der Waals surface area contributed by atoms with Gasteiger partial charge >= 0.3 is 0 Å². The summed E-state index contributed by atoms with van der Waals surface area (Å²) in [7, 11) is 2.32. The summed E-state index contributed by atoms with van der Waals surface area (Å²) in [6.45, 7) is 14.0. The predicted molar refractivity (Wildman–Crippen MR) is 193 cm³/mol. The minimum absolute atomic E-state index is 0.202. The highest BCUT2D eigenvalue weighted by atomic mass is 15.2. The molecule has 6 atom stereocenters. The van der Waals surface area contributed by atoms with Crippen LogP contribution in [0, 0.1) is 22.7 Å². The third-order valence-corrected chi connectivity index (χ3v) is 11.4. The van der Waals surface area contributed by atoms with Crippen molar-refractivity contribution in [1.29, 1.82) is 0 Å². The average Bonchev–Trinajstić information content (AvgIpc) is 3.55. The molecular formula is C43H48N2. The van der Waals surface area contributed by atoms with E-state index in [4.69, 9.17) is 0 Å². The van der Waals surface area contributed by atoms with Crippen molar-refractivity contribution in [2.75, 3.05) is 17.3 Å². The summed E-state index contributed by atoms with van der Waals surface area (Å²) in [6, 6.07) is 9.76. The quantitative estimate of drug-likeness (QED) is 0.373. The van der Waals surface area contributed by atoms with E-state index in [9.17, 15) is 0 Å². The highest BCUT2D eigenvalue weighted by Gasteiger charge is 2.44. The predicted octanol–water partition coefficient (Wildman–Crippen LogP) is 10.7. The highest BCUT2D eigenvalue weighted by molar-refractivity contribution is 6.04. The molecule has 6 unspecified atom stereocenters. The first-order chi connectivity index (χ1) is 21.5. The second kappa shape index (κ2) is 10.1. The van der Waals surface area contributed by atoms with Gasteiger partial charge in [-0.2, -0.15) is 0 Å². The Labute approximate surface area is 270 Å². The van der Waals surface area contributed by atoms with Gasteiger partial charge in [-0.3, -0.25) is 0 Å². The van der Waals surface area contributed by atoms with E-state index in [0.29, 0.717) is 35.1 Å². The molecule has 0 aromatic heterocycles. The van der Waals surface area contributed by atoms with Crippen LogP contribution in [0.4, 0.5) is 11.4 Å². The van der Waals surface area contributed by atoms with Gasteiger partial charge in [0, 0.05) is 24.8 Å². The van der Waals surface area contributed by atoms with Crippen LogP contribution in [0.5, 0.6) is 0 Å². The molecular weight excluding hydrogens is 544 g/mol. The van der Waals surface area contributed by atoms with E-state index in [1.165, 1.54) is 55.6 Å². The van der Waals surface area contributed by atoms with E-state index in [-0.39, 0.29) is 11.5 Å². The van der Waals surface area contributed by atoms with Crippen LogP contribution in [-0.2, 0) is 0 Å². The number of hydrogen-bond donors (Lipinski definition) is 1. The van der Waals surface area contributed by atoms with Gasteiger partial charge in [-0.25, -0.2) is 0 Å². The number of fused-ring (bicyclic) bond motifs is 10. The normalized spacial score (nSPS) is 29.8. The third kappa shape index (κ3) is 4.58. The molecule has 2 aromatic rings. The van der Waals surface area contributed by atoms with Gasteiger partial charge in [0.1, 0.15) is 0 Å². The summed E-state index contributed by atoms with van der Waals surface area (Å²) in [5.41, 5.74) is 11.8. The monoisotopic (exact) mass is 592 g/mol. The molecule has 45 heavy (non-hydrogen) atoms. The Hall–Kier alpha value is -3.78. The number of hydrogen-bond acceptors (Lipinski definition) is 2. The summed E-state index contributed by atoms with van der Waals surface area (Å²) >= 11 is 0. The Bertz CT molecular complexity index is 1840. The minimum atomic E-state index is 0.202. The first kappa shape index (κ1) is 28.7. The zero-order chi connectivity index (χ0) is 31.2. The van der Waals surface area contributed by atoms with E-state index in [1.54, 1.807) is 0 Å².